The fourth-order valence-corrected chi connectivity index (χ4v) is 3.72. The molecule has 1 N–H and O–H groups in total. The van der Waals surface area contributed by atoms with Crippen molar-refractivity contribution < 1.29 is 13.3 Å². The highest BCUT2D eigenvalue weighted by Gasteiger charge is 2.24. The van der Waals surface area contributed by atoms with Gasteiger partial charge in [-0.1, -0.05) is 36.4 Å². The maximum atomic E-state index is 12.5. The minimum atomic E-state index is -4.03. The third kappa shape index (κ3) is 3.95. The average Bonchev–Trinajstić information content (AvgIpc) is 3.14. The molecule has 0 unspecified atom stereocenters. The van der Waals surface area contributed by atoms with Crippen LogP contribution in [0.25, 0.3) is 0 Å². The zero-order valence-corrected chi connectivity index (χ0v) is 14.5. The highest BCUT2D eigenvalue weighted by molar-refractivity contribution is 7.89. The molecule has 0 spiro atoms. The first-order valence-corrected chi connectivity index (χ1v) is 9.23. The van der Waals surface area contributed by atoms with E-state index in [2.05, 4.69) is 9.82 Å². The molecule has 3 rings (SSSR count). The molecule has 0 saturated carbocycles. The zero-order chi connectivity index (χ0) is 18.6. The Morgan fingerprint density at radius 2 is 1.73 bits per heavy atom. The van der Waals surface area contributed by atoms with Gasteiger partial charge in [-0.15, -0.1) is 0 Å². The topological polar surface area (TPSA) is 107 Å². The summed E-state index contributed by atoms with van der Waals surface area (Å²) in [6.45, 7) is 0.516. The van der Waals surface area contributed by atoms with Crippen molar-refractivity contribution in [3.8, 4) is 0 Å². The van der Waals surface area contributed by atoms with Crippen molar-refractivity contribution in [3.05, 3.63) is 88.2 Å². The average molecular weight is 372 g/mol. The van der Waals surface area contributed by atoms with Gasteiger partial charge in [-0.05, 0) is 23.3 Å². The van der Waals surface area contributed by atoms with Crippen molar-refractivity contribution in [1.82, 2.24) is 14.5 Å². The van der Waals surface area contributed by atoms with Crippen LogP contribution in [0.3, 0.4) is 0 Å². The first-order valence-electron chi connectivity index (χ1n) is 7.74. The van der Waals surface area contributed by atoms with Gasteiger partial charge < -0.3 is 0 Å². The number of nitrogens with zero attached hydrogens (tertiary/aromatic N) is 3. The Kier molecular flexibility index (Phi) is 5.10. The lowest BCUT2D eigenvalue weighted by Crippen LogP contribution is -2.24. The van der Waals surface area contributed by atoms with Crippen LogP contribution in [0, 0.1) is 10.1 Å². The van der Waals surface area contributed by atoms with E-state index in [0.717, 1.165) is 11.1 Å². The summed E-state index contributed by atoms with van der Waals surface area (Å²) >= 11 is 0. The summed E-state index contributed by atoms with van der Waals surface area (Å²) in [6, 6.07) is 14.4. The second kappa shape index (κ2) is 7.46. The molecule has 0 bridgehead atoms. The normalized spacial score (nSPS) is 11.4. The van der Waals surface area contributed by atoms with Gasteiger partial charge in [-0.3, -0.25) is 14.8 Å². The van der Waals surface area contributed by atoms with Crippen molar-refractivity contribution in [2.75, 3.05) is 0 Å². The number of sulfonamides is 1. The van der Waals surface area contributed by atoms with Crippen LogP contribution in [-0.4, -0.2) is 23.1 Å². The Labute approximate surface area is 150 Å². The summed E-state index contributed by atoms with van der Waals surface area (Å²) in [5, 5.41) is 15.2. The molecule has 0 amide bonds. The second-order valence-corrected chi connectivity index (χ2v) is 7.26. The van der Waals surface area contributed by atoms with Gasteiger partial charge in [0.25, 0.3) is 5.69 Å². The Morgan fingerprint density at radius 1 is 1.04 bits per heavy atom. The van der Waals surface area contributed by atoms with E-state index >= 15 is 0 Å². The van der Waals surface area contributed by atoms with Crippen LogP contribution >= 0.6 is 0 Å². The first kappa shape index (κ1) is 17.8. The predicted molar refractivity (Wildman–Crippen MR) is 94.9 cm³/mol. The minimum Gasteiger partial charge on any atom is -0.268 e. The lowest BCUT2D eigenvalue weighted by Gasteiger charge is -2.11. The van der Waals surface area contributed by atoms with Crippen molar-refractivity contribution >= 4 is 15.7 Å². The van der Waals surface area contributed by atoms with Gasteiger partial charge in [-0.2, -0.15) is 5.10 Å². The van der Waals surface area contributed by atoms with E-state index < -0.39 is 20.6 Å². The molecular formula is C17H16N4O4S. The summed E-state index contributed by atoms with van der Waals surface area (Å²) in [5.74, 6) is 0. The van der Waals surface area contributed by atoms with Gasteiger partial charge in [0.2, 0.25) is 10.0 Å². The molecule has 1 aromatic heterocycles. The molecule has 134 valence electrons. The summed E-state index contributed by atoms with van der Waals surface area (Å²) in [6.07, 6.45) is 3.48. The van der Waals surface area contributed by atoms with Crippen LogP contribution < -0.4 is 4.72 Å². The van der Waals surface area contributed by atoms with Crippen LogP contribution in [0.15, 0.2) is 71.9 Å². The lowest BCUT2D eigenvalue weighted by molar-refractivity contribution is -0.387. The third-order valence-corrected chi connectivity index (χ3v) is 5.26. The molecule has 3 aromatic rings. The third-order valence-electron chi connectivity index (χ3n) is 3.81. The van der Waals surface area contributed by atoms with Crippen LogP contribution in [0.4, 0.5) is 5.69 Å². The highest BCUT2D eigenvalue weighted by Crippen LogP contribution is 2.23. The quantitative estimate of drug-likeness (QED) is 0.506. The summed E-state index contributed by atoms with van der Waals surface area (Å²) in [7, 11) is -4.03. The number of nitrogens with one attached hydrogen (secondary N) is 1. The summed E-state index contributed by atoms with van der Waals surface area (Å²) in [4.78, 5) is 10.0. The maximum absolute atomic E-state index is 12.5. The van der Waals surface area contributed by atoms with E-state index in [9.17, 15) is 18.5 Å². The van der Waals surface area contributed by atoms with Gasteiger partial charge in [0, 0.05) is 25.0 Å². The van der Waals surface area contributed by atoms with E-state index in [-0.39, 0.29) is 11.4 Å². The van der Waals surface area contributed by atoms with Gasteiger partial charge in [0.05, 0.1) is 11.5 Å². The number of nitro benzene ring substituents is 1. The zero-order valence-electron chi connectivity index (χ0n) is 13.6. The Balaban J connectivity index is 1.82. The molecule has 26 heavy (non-hydrogen) atoms. The minimum absolute atomic E-state index is 0.0197. The highest BCUT2D eigenvalue weighted by atomic mass is 32.2. The van der Waals surface area contributed by atoms with Gasteiger partial charge in [-0.25, -0.2) is 13.1 Å². The summed E-state index contributed by atoms with van der Waals surface area (Å²) in [5.41, 5.74) is 1.22. The molecular weight excluding hydrogens is 356 g/mol. The standard InChI is InChI=1S/C17H16N4O4S/c22-21(23)16-8-3-4-9-17(16)26(24,25)19-12-14-6-1-2-7-15(14)13-20-11-5-10-18-20/h1-11,19H,12-13H2. The van der Waals surface area contributed by atoms with Crippen LogP contribution in [0.1, 0.15) is 11.1 Å². The number of hydrogen-bond acceptors (Lipinski definition) is 5. The van der Waals surface area contributed by atoms with Gasteiger partial charge in [0.1, 0.15) is 0 Å². The molecule has 9 heteroatoms. The fraction of sp³-hybridized carbons (Fsp3) is 0.118. The molecule has 0 aliphatic rings. The van der Waals surface area contributed by atoms with Crippen LogP contribution in [0.2, 0.25) is 0 Å². The van der Waals surface area contributed by atoms with E-state index in [4.69, 9.17) is 0 Å². The predicted octanol–water partition coefficient (Wildman–Crippen LogP) is 2.32. The Hall–Kier alpha value is -3.04. The van der Waals surface area contributed by atoms with Gasteiger partial charge in [0.15, 0.2) is 4.90 Å². The molecule has 0 atom stereocenters. The van der Waals surface area contributed by atoms with E-state index in [0.29, 0.717) is 6.54 Å². The Morgan fingerprint density at radius 3 is 2.42 bits per heavy atom. The molecule has 0 aliphatic heterocycles. The van der Waals surface area contributed by atoms with E-state index in [1.54, 1.807) is 29.1 Å². The molecule has 2 aromatic carbocycles. The smallest absolute Gasteiger partial charge is 0.268 e. The summed E-state index contributed by atoms with van der Waals surface area (Å²) < 4.78 is 29.2. The number of benzene rings is 2. The van der Waals surface area contributed by atoms with Gasteiger partial charge >= 0.3 is 0 Å². The van der Waals surface area contributed by atoms with Crippen LogP contribution in [-0.2, 0) is 23.1 Å². The first-order chi connectivity index (χ1) is 12.5. The van der Waals surface area contributed by atoms with E-state index in [1.165, 1.54) is 24.3 Å². The molecule has 0 radical (unpaired) electrons. The molecule has 0 saturated heterocycles. The Bertz CT molecular complexity index is 1020. The fourth-order valence-electron chi connectivity index (χ4n) is 2.54. The van der Waals surface area contributed by atoms with Crippen molar-refractivity contribution in [3.63, 3.8) is 0 Å². The molecule has 8 nitrogen and oxygen atoms in total. The molecule has 1 heterocycles. The lowest BCUT2D eigenvalue weighted by atomic mass is 10.1. The SMILES string of the molecule is O=[N+]([O-])c1ccccc1S(=O)(=O)NCc1ccccc1Cn1cccn1. The van der Waals surface area contributed by atoms with Crippen LogP contribution in [0.5, 0.6) is 0 Å². The molecule has 0 fully saturated rings. The number of aromatic nitrogens is 2. The number of para-hydroxylation sites is 1. The van der Waals surface area contributed by atoms with Crippen molar-refractivity contribution in [2.45, 2.75) is 18.0 Å². The van der Waals surface area contributed by atoms with Crippen molar-refractivity contribution in [2.24, 2.45) is 0 Å². The number of nitro groups is 1. The van der Waals surface area contributed by atoms with Crippen molar-refractivity contribution in [1.29, 1.82) is 0 Å². The largest absolute Gasteiger partial charge is 0.289 e. The number of hydrogen-bond donors (Lipinski definition) is 1. The number of rotatable bonds is 7. The maximum Gasteiger partial charge on any atom is 0.289 e. The van der Waals surface area contributed by atoms with E-state index in [1.807, 2.05) is 18.3 Å². The molecule has 0 aliphatic carbocycles. The monoisotopic (exact) mass is 372 g/mol. The second-order valence-electron chi connectivity index (χ2n) is 5.52.